The van der Waals surface area contributed by atoms with Crippen LogP contribution < -0.4 is 10.6 Å². The second-order valence-electron chi connectivity index (χ2n) is 4.43. The van der Waals surface area contributed by atoms with Crippen LogP contribution in [0, 0.1) is 6.92 Å². The summed E-state index contributed by atoms with van der Waals surface area (Å²) >= 11 is 0. The maximum atomic E-state index is 5.61. The lowest BCUT2D eigenvalue weighted by Crippen LogP contribution is -2.40. The Morgan fingerprint density at radius 1 is 1.59 bits per heavy atom. The number of aryl methyl sites for hydroxylation is 1. The third-order valence-electron chi connectivity index (χ3n) is 3.28. The number of ether oxygens (including phenoxy) is 1. The van der Waals surface area contributed by atoms with Gasteiger partial charge >= 0.3 is 0 Å². The summed E-state index contributed by atoms with van der Waals surface area (Å²) in [5, 5.41) is 0. The predicted molar refractivity (Wildman–Crippen MR) is 66.9 cm³/mol. The first-order valence-corrected chi connectivity index (χ1v) is 6.05. The molecule has 1 atom stereocenters. The van der Waals surface area contributed by atoms with Crippen molar-refractivity contribution in [1.82, 2.24) is 9.97 Å². The average Bonchev–Trinajstić information content (AvgIpc) is 2.38. The topological polar surface area (TPSA) is 64.3 Å². The molecule has 0 aromatic carbocycles. The van der Waals surface area contributed by atoms with Crippen LogP contribution in [0.2, 0.25) is 0 Å². The second-order valence-corrected chi connectivity index (χ2v) is 4.43. The van der Waals surface area contributed by atoms with Crippen LogP contribution in [0.1, 0.15) is 24.1 Å². The van der Waals surface area contributed by atoms with Gasteiger partial charge in [-0.3, -0.25) is 0 Å². The van der Waals surface area contributed by atoms with E-state index in [2.05, 4.69) is 14.9 Å². The van der Waals surface area contributed by atoms with E-state index in [0.29, 0.717) is 12.6 Å². The lowest BCUT2D eigenvalue weighted by Gasteiger charge is -2.32. The van der Waals surface area contributed by atoms with Gasteiger partial charge in [-0.15, -0.1) is 0 Å². The molecule has 5 heteroatoms. The molecule has 0 bridgehead atoms. The van der Waals surface area contributed by atoms with Crippen LogP contribution in [0.4, 0.5) is 5.95 Å². The predicted octanol–water partition coefficient (Wildman–Crippen LogP) is 0.859. The number of piperidine rings is 1. The summed E-state index contributed by atoms with van der Waals surface area (Å²) in [5.41, 5.74) is 7.59. The minimum atomic E-state index is 0.293. The largest absolute Gasteiger partial charge is 0.380 e. The Balaban J connectivity index is 2.13. The van der Waals surface area contributed by atoms with Crippen LogP contribution in [0.3, 0.4) is 0 Å². The fourth-order valence-corrected chi connectivity index (χ4v) is 2.14. The van der Waals surface area contributed by atoms with E-state index in [9.17, 15) is 0 Å². The zero-order valence-corrected chi connectivity index (χ0v) is 10.5. The van der Waals surface area contributed by atoms with Crippen molar-refractivity contribution in [2.45, 2.75) is 32.4 Å². The summed E-state index contributed by atoms with van der Waals surface area (Å²) in [5.74, 6) is 0.793. The molecule has 2 rings (SSSR count). The molecular weight excluding hydrogens is 216 g/mol. The molecule has 1 aliphatic rings. The Kier molecular flexibility index (Phi) is 3.91. The van der Waals surface area contributed by atoms with Crippen molar-refractivity contribution in [3.63, 3.8) is 0 Å². The lowest BCUT2D eigenvalue weighted by molar-refractivity contribution is 0.0889. The van der Waals surface area contributed by atoms with Gasteiger partial charge in [0, 0.05) is 44.2 Å². The fourth-order valence-electron chi connectivity index (χ4n) is 2.14. The van der Waals surface area contributed by atoms with Gasteiger partial charge in [-0.1, -0.05) is 0 Å². The highest BCUT2D eigenvalue weighted by molar-refractivity contribution is 5.33. The molecule has 1 fully saturated rings. The van der Waals surface area contributed by atoms with E-state index in [1.54, 1.807) is 7.11 Å². The number of anilines is 1. The zero-order valence-electron chi connectivity index (χ0n) is 10.5. The Labute approximate surface area is 102 Å². The lowest BCUT2D eigenvalue weighted by atomic mass is 10.1. The first-order chi connectivity index (χ1) is 8.24. The number of aromatic nitrogens is 2. The fraction of sp³-hybridized carbons (Fsp3) is 0.667. The summed E-state index contributed by atoms with van der Waals surface area (Å²) < 4.78 is 5.40. The molecule has 1 saturated heterocycles. The molecule has 5 nitrogen and oxygen atoms in total. The van der Waals surface area contributed by atoms with Crippen molar-refractivity contribution in [3.8, 4) is 0 Å². The smallest absolute Gasteiger partial charge is 0.225 e. The van der Waals surface area contributed by atoms with Crippen LogP contribution in [0.25, 0.3) is 0 Å². The van der Waals surface area contributed by atoms with E-state index in [4.69, 9.17) is 10.5 Å². The van der Waals surface area contributed by atoms with Gasteiger partial charge in [0.05, 0.1) is 6.10 Å². The van der Waals surface area contributed by atoms with Gasteiger partial charge in [-0.2, -0.15) is 0 Å². The Hall–Kier alpha value is -1.20. The summed E-state index contributed by atoms with van der Waals surface area (Å²) in [7, 11) is 1.76. The Bertz CT molecular complexity index is 383. The molecule has 0 saturated carbocycles. The number of hydrogen-bond acceptors (Lipinski definition) is 5. The maximum absolute atomic E-state index is 5.61. The first-order valence-electron chi connectivity index (χ1n) is 6.05. The normalized spacial score (nSPS) is 20.6. The molecule has 0 amide bonds. The Morgan fingerprint density at radius 3 is 3.06 bits per heavy atom. The summed E-state index contributed by atoms with van der Waals surface area (Å²) in [6, 6.07) is 0. The highest BCUT2D eigenvalue weighted by Crippen LogP contribution is 2.18. The van der Waals surface area contributed by atoms with Crippen molar-refractivity contribution in [1.29, 1.82) is 0 Å². The molecule has 0 spiro atoms. The van der Waals surface area contributed by atoms with E-state index in [1.165, 1.54) is 0 Å². The van der Waals surface area contributed by atoms with Gasteiger partial charge in [0.2, 0.25) is 5.95 Å². The van der Waals surface area contributed by atoms with E-state index in [1.807, 2.05) is 13.1 Å². The molecule has 0 radical (unpaired) electrons. The van der Waals surface area contributed by atoms with Gasteiger partial charge < -0.3 is 15.4 Å². The highest BCUT2D eigenvalue weighted by Gasteiger charge is 2.21. The van der Waals surface area contributed by atoms with Gasteiger partial charge in [-0.05, 0) is 19.8 Å². The summed E-state index contributed by atoms with van der Waals surface area (Å²) in [4.78, 5) is 11.1. The molecule has 2 N–H and O–H groups in total. The Morgan fingerprint density at radius 2 is 2.41 bits per heavy atom. The van der Waals surface area contributed by atoms with E-state index < -0.39 is 0 Å². The van der Waals surface area contributed by atoms with Crippen molar-refractivity contribution >= 4 is 5.95 Å². The van der Waals surface area contributed by atoms with Gasteiger partial charge in [-0.25, -0.2) is 9.97 Å². The average molecular weight is 236 g/mol. The van der Waals surface area contributed by atoms with Crippen molar-refractivity contribution in [2.24, 2.45) is 5.73 Å². The molecule has 1 aromatic rings. The van der Waals surface area contributed by atoms with Crippen LogP contribution >= 0.6 is 0 Å². The number of rotatable bonds is 3. The van der Waals surface area contributed by atoms with Gasteiger partial charge in [0.1, 0.15) is 0 Å². The molecular formula is C12H20N4O. The highest BCUT2D eigenvalue weighted by atomic mass is 16.5. The number of methoxy groups -OCH3 is 1. The van der Waals surface area contributed by atoms with E-state index in [0.717, 1.165) is 43.1 Å². The second kappa shape index (κ2) is 5.42. The summed E-state index contributed by atoms with van der Waals surface area (Å²) in [6.45, 7) is 4.34. The molecule has 2 heterocycles. The minimum Gasteiger partial charge on any atom is -0.380 e. The van der Waals surface area contributed by atoms with Gasteiger partial charge in [0.15, 0.2) is 0 Å². The van der Waals surface area contributed by atoms with Crippen LogP contribution in [0.5, 0.6) is 0 Å². The van der Waals surface area contributed by atoms with E-state index in [-0.39, 0.29) is 0 Å². The van der Waals surface area contributed by atoms with Crippen LogP contribution in [0.15, 0.2) is 6.20 Å². The molecule has 94 valence electrons. The quantitative estimate of drug-likeness (QED) is 0.843. The SMILES string of the molecule is COC1CCCN(c2ncc(CN)c(C)n2)C1. The molecule has 17 heavy (non-hydrogen) atoms. The molecule has 1 aromatic heterocycles. The maximum Gasteiger partial charge on any atom is 0.225 e. The standard InChI is InChI=1S/C12H20N4O/c1-9-10(6-13)7-14-12(15-9)16-5-3-4-11(8-16)17-2/h7,11H,3-6,8,13H2,1-2H3. The number of nitrogens with zero attached hydrogens (tertiary/aromatic N) is 3. The van der Waals surface area contributed by atoms with E-state index >= 15 is 0 Å². The zero-order chi connectivity index (χ0) is 12.3. The number of hydrogen-bond donors (Lipinski definition) is 1. The first kappa shape index (κ1) is 12.3. The minimum absolute atomic E-state index is 0.293. The molecule has 1 aliphatic heterocycles. The monoisotopic (exact) mass is 236 g/mol. The molecule has 0 aliphatic carbocycles. The van der Waals surface area contributed by atoms with Crippen molar-refractivity contribution in [3.05, 3.63) is 17.5 Å². The van der Waals surface area contributed by atoms with Crippen molar-refractivity contribution < 1.29 is 4.74 Å². The number of nitrogens with two attached hydrogens (primary N) is 1. The summed E-state index contributed by atoms with van der Waals surface area (Å²) in [6.07, 6.45) is 4.36. The van der Waals surface area contributed by atoms with Gasteiger partial charge in [0.25, 0.3) is 0 Å². The third kappa shape index (κ3) is 2.73. The third-order valence-corrected chi connectivity index (χ3v) is 3.28. The van der Waals surface area contributed by atoms with Crippen LogP contribution in [-0.2, 0) is 11.3 Å². The molecule has 1 unspecified atom stereocenters. The van der Waals surface area contributed by atoms with Crippen LogP contribution in [-0.4, -0.2) is 36.3 Å². The van der Waals surface area contributed by atoms with Crippen molar-refractivity contribution in [2.75, 3.05) is 25.1 Å².